The number of imidazole rings is 1. The second-order valence-electron chi connectivity index (χ2n) is 4.21. The van der Waals surface area contributed by atoms with Crippen molar-refractivity contribution in [3.63, 3.8) is 0 Å². The molecule has 3 heteroatoms. The fourth-order valence-corrected chi connectivity index (χ4v) is 1.98. The van der Waals surface area contributed by atoms with E-state index in [1.54, 1.807) is 0 Å². The average Bonchev–Trinajstić information content (AvgIpc) is 2.73. The van der Waals surface area contributed by atoms with Crippen LogP contribution in [-0.2, 0) is 0 Å². The van der Waals surface area contributed by atoms with Crippen LogP contribution in [0.3, 0.4) is 0 Å². The maximum Gasteiger partial charge on any atom is 0.111 e. The molecule has 86 valence electrons. The van der Waals surface area contributed by atoms with Gasteiger partial charge in [0.2, 0.25) is 0 Å². The van der Waals surface area contributed by atoms with Gasteiger partial charge in [-0.1, -0.05) is 31.9 Å². The molecule has 0 saturated heterocycles. The van der Waals surface area contributed by atoms with Crippen molar-refractivity contribution < 1.29 is 0 Å². The predicted octanol–water partition coefficient (Wildman–Crippen LogP) is 2.80. The van der Waals surface area contributed by atoms with Crippen molar-refractivity contribution in [2.45, 2.75) is 32.1 Å². The van der Waals surface area contributed by atoms with Crippen molar-refractivity contribution in [2.75, 3.05) is 6.54 Å². The first-order valence-electron chi connectivity index (χ1n) is 6.00. The van der Waals surface area contributed by atoms with Crippen molar-refractivity contribution in [1.29, 1.82) is 0 Å². The third-order valence-electron chi connectivity index (χ3n) is 2.99. The van der Waals surface area contributed by atoms with Crippen LogP contribution in [0.2, 0.25) is 0 Å². The summed E-state index contributed by atoms with van der Waals surface area (Å²) in [7, 11) is 0. The lowest BCUT2D eigenvalue weighted by atomic mass is 10.0. The van der Waals surface area contributed by atoms with Crippen LogP contribution in [0.5, 0.6) is 0 Å². The number of hydrogen-bond donors (Lipinski definition) is 2. The number of nitrogens with two attached hydrogens (primary N) is 1. The molecule has 0 spiro atoms. The number of nitrogens with zero attached hydrogens (tertiary/aromatic N) is 1. The van der Waals surface area contributed by atoms with E-state index in [1.807, 2.05) is 18.2 Å². The average molecular weight is 217 g/mol. The van der Waals surface area contributed by atoms with Crippen molar-refractivity contribution in [3.05, 3.63) is 30.1 Å². The van der Waals surface area contributed by atoms with Crippen LogP contribution in [0.15, 0.2) is 24.3 Å². The number of benzene rings is 1. The fraction of sp³-hybridized carbons (Fsp3) is 0.462. The second kappa shape index (κ2) is 5.12. The number of para-hydroxylation sites is 2. The summed E-state index contributed by atoms with van der Waals surface area (Å²) in [6.45, 7) is 2.87. The Balaban J connectivity index is 2.23. The Morgan fingerprint density at radius 3 is 2.88 bits per heavy atom. The molecule has 3 N–H and O–H groups in total. The quantitative estimate of drug-likeness (QED) is 0.809. The van der Waals surface area contributed by atoms with Crippen molar-refractivity contribution in [3.8, 4) is 0 Å². The van der Waals surface area contributed by atoms with Crippen LogP contribution >= 0.6 is 0 Å². The van der Waals surface area contributed by atoms with Crippen LogP contribution in [-0.4, -0.2) is 16.5 Å². The molecule has 1 aromatic carbocycles. The zero-order valence-electron chi connectivity index (χ0n) is 9.74. The summed E-state index contributed by atoms with van der Waals surface area (Å²) in [5.41, 5.74) is 7.95. The summed E-state index contributed by atoms with van der Waals surface area (Å²) in [4.78, 5) is 7.97. The molecule has 0 aliphatic heterocycles. The zero-order chi connectivity index (χ0) is 11.4. The molecule has 2 rings (SSSR count). The molecule has 0 saturated carbocycles. The normalized spacial score (nSPS) is 13.1. The third-order valence-corrected chi connectivity index (χ3v) is 2.99. The van der Waals surface area contributed by atoms with E-state index in [-0.39, 0.29) is 0 Å². The lowest BCUT2D eigenvalue weighted by Gasteiger charge is -2.10. The molecule has 1 aromatic heterocycles. The van der Waals surface area contributed by atoms with Gasteiger partial charge in [-0.2, -0.15) is 0 Å². The van der Waals surface area contributed by atoms with Crippen molar-refractivity contribution in [1.82, 2.24) is 9.97 Å². The minimum atomic E-state index is 0.368. The minimum absolute atomic E-state index is 0.368. The van der Waals surface area contributed by atoms with E-state index in [9.17, 15) is 0 Å². The van der Waals surface area contributed by atoms with E-state index >= 15 is 0 Å². The second-order valence-corrected chi connectivity index (χ2v) is 4.21. The lowest BCUT2D eigenvalue weighted by Crippen LogP contribution is -2.13. The number of nitrogens with one attached hydrogen (secondary N) is 1. The number of aromatic nitrogens is 2. The molecular formula is C13H19N3. The largest absolute Gasteiger partial charge is 0.342 e. The van der Waals surface area contributed by atoms with Crippen LogP contribution in [0.1, 0.15) is 37.9 Å². The summed E-state index contributed by atoms with van der Waals surface area (Å²) >= 11 is 0. The number of unbranched alkanes of at least 4 members (excludes halogenated alkanes) is 1. The lowest BCUT2D eigenvalue weighted by molar-refractivity contribution is 0.571. The summed E-state index contributed by atoms with van der Waals surface area (Å²) in [6.07, 6.45) is 3.53. The third kappa shape index (κ3) is 2.25. The first-order chi connectivity index (χ1) is 7.85. The fourth-order valence-electron chi connectivity index (χ4n) is 1.98. The van der Waals surface area contributed by atoms with Gasteiger partial charge in [0.15, 0.2) is 0 Å². The Hall–Kier alpha value is -1.35. The van der Waals surface area contributed by atoms with E-state index in [4.69, 9.17) is 5.73 Å². The number of H-pyrrole nitrogens is 1. The number of rotatable bonds is 5. The van der Waals surface area contributed by atoms with Gasteiger partial charge in [0.05, 0.1) is 11.0 Å². The molecule has 0 amide bonds. The number of hydrogen-bond acceptors (Lipinski definition) is 2. The van der Waals surface area contributed by atoms with Gasteiger partial charge in [-0.15, -0.1) is 0 Å². The Bertz CT molecular complexity index is 414. The summed E-state index contributed by atoms with van der Waals surface area (Å²) in [6, 6.07) is 8.12. The summed E-state index contributed by atoms with van der Waals surface area (Å²) < 4.78 is 0. The first kappa shape index (κ1) is 11.1. The Kier molecular flexibility index (Phi) is 3.57. The van der Waals surface area contributed by atoms with Crippen LogP contribution in [0, 0.1) is 0 Å². The highest BCUT2D eigenvalue weighted by atomic mass is 14.9. The molecule has 0 aliphatic rings. The monoisotopic (exact) mass is 217 g/mol. The van der Waals surface area contributed by atoms with Crippen LogP contribution in [0.4, 0.5) is 0 Å². The zero-order valence-corrected chi connectivity index (χ0v) is 9.74. The molecule has 0 bridgehead atoms. The molecule has 0 radical (unpaired) electrons. The van der Waals surface area contributed by atoms with Gasteiger partial charge in [0, 0.05) is 12.5 Å². The summed E-state index contributed by atoms with van der Waals surface area (Å²) in [5.74, 6) is 1.41. The Labute approximate surface area is 96.1 Å². The van der Waals surface area contributed by atoms with Gasteiger partial charge in [-0.05, 0) is 18.6 Å². The highest BCUT2D eigenvalue weighted by Gasteiger charge is 2.13. The highest BCUT2D eigenvalue weighted by Crippen LogP contribution is 2.21. The van der Waals surface area contributed by atoms with Gasteiger partial charge < -0.3 is 10.7 Å². The van der Waals surface area contributed by atoms with Gasteiger partial charge >= 0.3 is 0 Å². The van der Waals surface area contributed by atoms with Crippen molar-refractivity contribution >= 4 is 11.0 Å². The van der Waals surface area contributed by atoms with E-state index in [2.05, 4.69) is 23.0 Å². The molecule has 0 aliphatic carbocycles. The van der Waals surface area contributed by atoms with Gasteiger partial charge in [-0.25, -0.2) is 4.98 Å². The Morgan fingerprint density at radius 1 is 1.38 bits per heavy atom. The molecule has 1 atom stereocenters. The van der Waals surface area contributed by atoms with Crippen LogP contribution < -0.4 is 5.73 Å². The molecule has 1 heterocycles. The molecule has 16 heavy (non-hydrogen) atoms. The first-order valence-corrected chi connectivity index (χ1v) is 6.00. The maximum atomic E-state index is 5.81. The highest BCUT2D eigenvalue weighted by molar-refractivity contribution is 5.74. The topological polar surface area (TPSA) is 54.7 Å². The predicted molar refractivity (Wildman–Crippen MR) is 67.4 cm³/mol. The van der Waals surface area contributed by atoms with E-state index in [0.717, 1.165) is 23.3 Å². The van der Waals surface area contributed by atoms with Gasteiger partial charge in [0.1, 0.15) is 5.82 Å². The van der Waals surface area contributed by atoms with Gasteiger partial charge in [0.25, 0.3) is 0 Å². The van der Waals surface area contributed by atoms with Crippen molar-refractivity contribution in [2.24, 2.45) is 5.73 Å². The Morgan fingerprint density at radius 2 is 2.19 bits per heavy atom. The smallest absolute Gasteiger partial charge is 0.111 e. The molecule has 1 unspecified atom stereocenters. The van der Waals surface area contributed by atoms with Crippen LogP contribution in [0.25, 0.3) is 11.0 Å². The number of aromatic amines is 1. The maximum absolute atomic E-state index is 5.81. The number of fused-ring (bicyclic) bond motifs is 1. The molecule has 2 aromatic rings. The molecular weight excluding hydrogens is 198 g/mol. The van der Waals surface area contributed by atoms with Gasteiger partial charge in [-0.3, -0.25) is 0 Å². The van der Waals surface area contributed by atoms with E-state index < -0.39 is 0 Å². The standard InChI is InChI=1S/C13H19N3/c1-2-3-6-10(9-14)13-15-11-7-4-5-8-12(11)16-13/h4-5,7-8,10H,2-3,6,9,14H2,1H3,(H,15,16). The van der Waals surface area contributed by atoms with E-state index in [0.29, 0.717) is 12.5 Å². The molecule has 3 nitrogen and oxygen atoms in total. The SMILES string of the molecule is CCCCC(CN)c1nc2ccccc2[nH]1. The molecule has 0 fully saturated rings. The summed E-state index contributed by atoms with van der Waals surface area (Å²) in [5, 5.41) is 0. The van der Waals surface area contributed by atoms with E-state index in [1.165, 1.54) is 12.8 Å². The minimum Gasteiger partial charge on any atom is -0.342 e.